The van der Waals surface area contributed by atoms with Gasteiger partial charge in [0, 0.05) is 29.7 Å². The lowest BCUT2D eigenvalue weighted by Gasteiger charge is -2.36. The van der Waals surface area contributed by atoms with Crippen molar-refractivity contribution in [2.24, 2.45) is 0 Å². The third kappa shape index (κ3) is 4.18. The summed E-state index contributed by atoms with van der Waals surface area (Å²) in [5.41, 5.74) is 2.48. The Morgan fingerprint density at radius 3 is 2.56 bits per heavy atom. The van der Waals surface area contributed by atoms with E-state index in [-0.39, 0.29) is 18.3 Å². The zero-order valence-corrected chi connectivity index (χ0v) is 19.1. The summed E-state index contributed by atoms with van der Waals surface area (Å²) in [5, 5.41) is 19.1. The summed E-state index contributed by atoms with van der Waals surface area (Å²) in [6.45, 7) is 0.811. The lowest BCUT2D eigenvalue weighted by Crippen LogP contribution is -2.54. The van der Waals surface area contributed by atoms with Gasteiger partial charge in [-0.2, -0.15) is 5.10 Å². The summed E-state index contributed by atoms with van der Waals surface area (Å²) in [7, 11) is 0. The number of nitrogens with zero attached hydrogens (tertiary/aromatic N) is 2. The number of aliphatic hydroxyl groups is 1. The van der Waals surface area contributed by atoms with Gasteiger partial charge in [0.15, 0.2) is 0 Å². The fraction of sp³-hybridized carbons (Fsp3) is 0.231. The summed E-state index contributed by atoms with van der Waals surface area (Å²) in [5.74, 6) is -0.638. The van der Waals surface area contributed by atoms with Crippen molar-refractivity contribution >= 4 is 28.4 Å². The van der Waals surface area contributed by atoms with Crippen LogP contribution in [0.1, 0.15) is 23.2 Å². The molecule has 3 aromatic carbocycles. The number of aromatic nitrogens is 2. The largest absolute Gasteiger partial charge is 0.394 e. The van der Waals surface area contributed by atoms with E-state index in [9.17, 15) is 14.3 Å². The predicted octanol–water partition coefficient (Wildman–Crippen LogP) is 4.76. The number of nitrogens with one attached hydrogen (secondary N) is 1. The van der Waals surface area contributed by atoms with Crippen LogP contribution in [0.4, 0.5) is 4.39 Å². The fourth-order valence-electron chi connectivity index (χ4n) is 4.29. The van der Waals surface area contributed by atoms with E-state index >= 15 is 0 Å². The molecule has 0 bridgehead atoms. The third-order valence-corrected chi connectivity index (χ3v) is 6.60. The Morgan fingerprint density at radius 1 is 1.12 bits per heavy atom. The maximum Gasteiger partial charge on any atom is 0.251 e. The van der Waals surface area contributed by atoms with E-state index in [1.165, 1.54) is 12.1 Å². The van der Waals surface area contributed by atoms with Crippen LogP contribution in [-0.2, 0) is 4.74 Å². The molecule has 0 atom stereocenters. The van der Waals surface area contributed by atoms with Gasteiger partial charge in [0.05, 0.1) is 28.4 Å². The molecule has 1 fully saturated rings. The van der Waals surface area contributed by atoms with Gasteiger partial charge in [0.25, 0.3) is 5.91 Å². The maximum absolute atomic E-state index is 13.6. The summed E-state index contributed by atoms with van der Waals surface area (Å²) in [6.07, 6.45) is 1.09. The topological polar surface area (TPSA) is 76.4 Å². The van der Waals surface area contributed by atoms with Gasteiger partial charge in [-0.15, -0.1) is 0 Å². The minimum atomic E-state index is -0.704. The summed E-state index contributed by atoms with van der Waals surface area (Å²) < 4.78 is 20.6. The van der Waals surface area contributed by atoms with Gasteiger partial charge in [-0.1, -0.05) is 29.8 Å². The monoisotopic (exact) mass is 479 g/mol. The van der Waals surface area contributed by atoms with Crippen LogP contribution in [0.5, 0.6) is 0 Å². The number of amides is 1. The van der Waals surface area contributed by atoms with Crippen molar-refractivity contribution in [1.29, 1.82) is 0 Å². The number of rotatable bonds is 5. The van der Waals surface area contributed by atoms with Gasteiger partial charge in [0.2, 0.25) is 0 Å². The highest BCUT2D eigenvalue weighted by molar-refractivity contribution is 6.33. The van der Waals surface area contributed by atoms with Gasteiger partial charge in [-0.25, -0.2) is 9.07 Å². The Morgan fingerprint density at radius 2 is 1.85 bits per heavy atom. The number of hydrogen-bond acceptors (Lipinski definition) is 4. The molecule has 4 aromatic rings. The number of halogens is 2. The summed E-state index contributed by atoms with van der Waals surface area (Å²) in [6, 6.07) is 18.7. The van der Waals surface area contributed by atoms with Crippen molar-refractivity contribution < 1.29 is 19.0 Å². The van der Waals surface area contributed by atoms with Crippen LogP contribution in [-0.4, -0.2) is 46.2 Å². The molecule has 174 valence electrons. The van der Waals surface area contributed by atoms with E-state index in [2.05, 4.69) is 5.32 Å². The van der Waals surface area contributed by atoms with Crippen molar-refractivity contribution in [3.8, 4) is 16.9 Å². The third-order valence-electron chi connectivity index (χ3n) is 6.27. The molecular formula is C26H23ClFN3O3. The first-order valence-electron chi connectivity index (χ1n) is 11.0. The van der Waals surface area contributed by atoms with E-state index in [1.807, 2.05) is 24.3 Å². The van der Waals surface area contributed by atoms with Crippen LogP contribution >= 0.6 is 11.6 Å². The molecule has 0 unspecified atom stereocenters. The van der Waals surface area contributed by atoms with Crippen molar-refractivity contribution in [1.82, 2.24) is 15.1 Å². The molecule has 5 rings (SSSR count). The SMILES string of the molecule is O=C(NC1(CO)CCOCC1)c1ccc2c(-c3ccccc3Cl)nn(-c3ccc(F)cc3)c2c1. The quantitative estimate of drug-likeness (QED) is 0.433. The number of carbonyl (C=O) groups excluding carboxylic acids is 1. The number of hydrogen-bond donors (Lipinski definition) is 2. The molecule has 6 nitrogen and oxygen atoms in total. The van der Waals surface area contributed by atoms with E-state index in [1.54, 1.807) is 35.0 Å². The Hall–Kier alpha value is -3.26. The summed E-state index contributed by atoms with van der Waals surface area (Å²) in [4.78, 5) is 13.2. The molecule has 1 saturated heterocycles. The van der Waals surface area contributed by atoms with Gasteiger partial charge in [0.1, 0.15) is 11.5 Å². The minimum Gasteiger partial charge on any atom is -0.394 e. The molecule has 0 saturated carbocycles. The van der Waals surface area contributed by atoms with Crippen molar-refractivity contribution in [3.63, 3.8) is 0 Å². The molecule has 2 heterocycles. The van der Waals surface area contributed by atoms with E-state index in [0.29, 0.717) is 53.5 Å². The Balaban J connectivity index is 1.61. The lowest BCUT2D eigenvalue weighted by molar-refractivity contribution is 0.0125. The Bertz CT molecular complexity index is 1350. The zero-order chi connectivity index (χ0) is 23.7. The highest BCUT2D eigenvalue weighted by Crippen LogP contribution is 2.34. The lowest BCUT2D eigenvalue weighted by atomic mass is 9.90. The number of ether oxygens (including phenoxy) is 1. The average molecular weight is 480 g/mol. The highest BCUT2D eigenvalue weighted by Gasteiger charge is 2.34. The van der Waals surface area contributed by atoms with Crippen molar-refractivity contribution in [2.75, 3.05) is 19.8 Å². The van der Waals surface area contributed by atoms with Crippen LogP contribution in [0.2, 0.25) is 5.02 Å². The molecule has 1 amide bonds. The number of fused-ring (bicyclic) bond motifs is 1. The fourth-order valence-corrected chi connectivity index (χ4v) is 4.51. The molecule has 2 N–H and O–H groups in total. The molecule has 34 heavy (non-hydrogen) atoms. The summed E-state index contributed by atoms with van der Waals surface area (Å²) >= 11 is 6.46. The highest BCUT2D eigenvalue weighted by atomic mass is 35.5. The molecule has 1 aromatic heterocycles. The van der Waals surface area contributed by atoms with Gasteiger partial charge in [-0.05, 0) is 61.4 Å². The second-order valence-corrected chi connectivity index (χ2v) is 8.86. The van der Waals surface area contributed by atoms with Crippen LogP contribution < -0.4 is 5.32 Å². The first-order valence-corrected chi connectivity index (χ1v) is 11.4. The molecule has 0 spiro atoms. The molecule has 0 radical (unpaired) electrons. The second-order valence-electron chi connectivity index (χ2n) is 8.45. The number of benzene rings is 3. The van der Waals surface area contributed by atoms with Gasteiger partial charge < -0.3 is 15.2 Å². The van der Waals surface area contributed by atoms with Crippen molar-refractivity contribution in [2.45, 2.75) is 18.4 Å². The maximum atomic E-state index is 13.6. The first kappa shape index (κ1) is 22.5. The standard InChI is InChI=1S/C26H23ClFN3O3/c27-22-4-2-1-3-20(22)24-21-10-5-17(25(33)29-26(16-32)11-13-34-14-12-26)15-23(21)31(30-24)19-8-6-18(28)7-9-19/h1-10,15,32H,11-14,16H2,(H,29,33). The Labute approximate surface area is 200 Å². The van der Waals surface area contributed by atoms with Crippen LogP contribution in [0.3, 0.4) is 0 Å². The molecule has 1 aliphatic rings. The van der Waals surface area contributed by atoms with E-state index in [0.717, 1.165) is 10.9 Å². The molecular weight excluding hydrogens is 457 g/mol. The van der Waals surface area contributed by atoms with Crippen molar-refractivity contribution in [3.05, 3.63) is 83.1 Å². The Kier molecular flexibility index (Phi) is 6.08. The second kappa shape index (κ2) is 9.18. The van der Waals surface area contributed by atoms with E-state index in [4.69, 9.17) is 21.4 Å². The van der Waals surface area contributed by atoms with Gasteiger partial charge in [-0.3, -0.25) is 4.79 Å². The normalized spacial score (nSPS) is 15.4. The van der Waals surface area contributed by atoms with Crippen LogP contribution in [0.15, 0.2) is 66.7 Å². The number of aliphatic hydroxyl groups excluding tert-OH is 1. The molecule has 1 aliphatic heterocycles. The predicted molar refractivity (Wildman–Crippen MR) is 129 cm³/mol. The molecule has 8 heteroatoms. The van der Waals surface area contributed by atoms with Crippen LogP contribution in [0.25, 0.3) is 27.8 Å². The first-order chi connectivity index (χ1) is 16.5. The average Bonchev–Trinajstić information content (AvgIpc) is 3.24. The number of carbonyl (C=O) groups is 1. The zero-order valence-electron chi connectivity index (χ0n) is 18.3. The van der Waals surface area contributed by atoms with E-state index < -0.39 is 5.54 Å². The van der Waals surface area contributed by atoms with Gasteiger partial charge >= 0.3 is 0 Å². The smallest absolute Gasteiger partial charge is 0.251 e. The minimum absolute atomic E-state index is 0.158. The molecule has 0 aliphatic carbocycles. The van der Waals surface area contributed by atoms with Crippen LogP contribution in [0, 0.1) is 5.82 Å².